The Kier molecular flexibility index (Phi) is 9.41. The standard InChI is InChI=1S/C33H43Cl2N3O4S/c1-5-21(2)36-32(40)22(3)37(19-28-29(34)7-6-8-30(28)35)31(39)20-38(43(4,41)42)27-11-9-26(10-12-27)33-16-23-13-24(17-33)15-25(14-23)18-33/h6-12,21-25H,5,13-20H2,1-4H3,(H,36,40)/t21-,22+,23?,24?,25?,33?/m0/s1. The Bertz CT molecular complexity index is 1410. The minimum absolute atomic E-state index is 0.0466. The first-order chi connectivity index (χ1) is 20.3. The molecular formula is C33H43Cl2N3O4S. The van der Waals surface area contributed by atoms with Crippen LogP contribution in [-0.4, -0.2) is 50.0 Å². The topological polar surface area (TPSA) is 86.8 Å². The molecule has 2 aromatic carbocycles. The lowest BCUT2D eigenvalue weighted by molar-refractivity contribution is -0.139. The largest absolute Gasteiger partial charge is 0.352 e. The van der Waals surface area contributed by atoms with Crippen LogP contribution in [0.2, 0.25) is 10.0 Å². The van der Waals surface area contributed by atoms with Crippen molar-refractivity contribution in [3.63, 3.8) is 0 Å². The first-order valence-corrected chi connectivity index (χ1v) is 18.0. The zero-order valence-electron chi connectivity index (χ0n) is 25.5. The lowest BCUT2D eigenvalue weighted by Crippen LogP contribution is -2.52. The summed E-state index contributed by atoms with van der Waals surface area (Å²) in [7, 11) is -3.83. The fraction of sp³-hybridized carbons (Fsp3) is 0.576. The summed E-state index contributed by atoms with van der Waals surface area (Å²) in [5.74, 6) is 1.53. The molecule has 234 valence electrons. The molecule has 0 spiro atoms. The number of carbonyl (C=O) groups excluding carboxylic acids is 2. The van der Waals surface area contributed by atoms with Gasteiger partial charge in [-0.2, -0.15) is 0 Å². The molecule has 0 radical (unpaired) electrons. The molecule has 1 N–H and O–H groups in total. The van der Waals surface area contributed by atoms with E-state index in [1.54, 1.807) is 25.1 Å². The highest BCUT2D eigenvalue weighted by atomic mass is 35.5. The summed E-state index contributed by atoms with van der Waals surface area (Å²) < 4.78 is 27.3. The van der Waals surface area contributed by atoms with Gasteiger partial charge in [-0.15, -0.1) is 0 Å². The second kappa shape index (κ2) is 12.6. The molecule has 4 aliphatic carbocycles. The van der Waals surface area contributed by atoms with Crippen molar-refractivity contribution in [2.75, 3.05) is 17.1 Å². The maximum Gasteiger partial charge on any atom is 0.244 e. The van der Waals surface area contributed by atoms with Gasteiger partial charge < -0.3 is 10.2 Å². The molecule has 4 bridgehead atoms. The normalized spacial score (nSPS) is 25.7. The number of carbonyl (C=O) groups is 2. The molecule has 2 atom stereocenters. The summed E-state index contributed by atoms with van der Waals surface area (Å²) in [6.07, 6.45) is 9.51. The highest BCUT2D eigenvalue weighted by molar-refractivity contribution is 7.92. The van der Waals surface area contributed by atoms with Gasteiger partial charge in [0.25, 0.3) is 0 Å². The summed E-state index contributed by atoms with van der Waals surface area (Å²) in [5.41, 5.74) is 2.38. The molecule has 43 heavy (non-hydrogen) atoms. The Hall–Kier alpha value is -2.29. The minimum atomic E-state index is -3.83. The Balaban J connectivity index is 1.41. The van der Waals surface area contributed by atoms with Crippen LogP contribution >= 0.6 is 23.2 Å². The molecule has 4 fully saturated rings. The SMILES string of the molecule is CC[C@H](C)NC(=O)[C@@H](C)N(Cc1c(Cl)cccc1Cl)C(=O)CN(c1ccc(C23CC4CC(CC(C4)C2)C3)cc1)S(C)(=O)=O. The zero-order chi connectivity index (χ0) is 31.1. The van der Waals surface area contributed by atoms with E-state index >= 15 is 0 Å². The first kappa shape index (κ1) is 32.1. The predicted molar refractivity (Wildman–Crippen MR) is 173 cm³/mol. The van der Waals surface area contributed by atoms with Gasteiger partial charge in [-0.25, -0.2) is 8.42 Å². The van der Waals surface area contributed by atoms with Crippen molar-refractivity contribution in [2.24, 2.45) is 17.8 Å². The molecule has 2 amide bonds. The van der Waals surface area contributed by atoms with E-state index in [1.807, 2.05) is 26.0 Å². The average molecular weight is 649 g/mol. The van der Waals surface area contributed by atoms with Gasteiger partial charge in [0.1, 0.15) is 12.6 Å². The molecule has 10 heteroatoms. The van der Waals surface area contributed by atoms with Gasteiger partial charge in [-0.3, -0.25) is 13.9 Å². The van der Waals surface area contributed by atoms with Gasteiger partial charge in [0, 0.05) is 28.2 Å². The third kappa shape index (κ3) is 6.86. The fourth-order valence-corrected chi connectivity index (χ4v) is 9.33. The Morgan fingerprint density at radius 3 is 1.98 bits per heavy atom. The van der Waals surface area contributed by atoms with Crippen molar-refractivity contribution in [1.82, 2.24) is 10.2 Å². The number of rotatable bonds is 11. The predicted octanol–water partition coefficient (Wildman–Crippen LogP) is 6.56. The summed E-state index contributed by atoms with van der Waals surface area (Å²) >= 11 is 12.9. The van der Waals surface area contributed by atoms with Crippen LogP contribution in [0.5, 0.6) is 0 Å². The molecule has 0 aliphatic heterocycles. The highest BCUT2D eigenvalue weighted by Gasteiger charge is 2.51. The van der Waals surface area contributed by atoms with Crippen LogP contribution in [0.3, 0.4) is 0 Å². The summed E-state index contributed by atoms with van der Waals surface area (Å²) in [6, 6.07) is 11.9. The number of benzene rings is 2. The summed E-state index contributed by atoms with van der Waals surface area (Å²) in [5, 5.41) is 3.65. The number of amides is 2. The highest BCUT2D eigenvalue weighted by Crippen LogP contribution is 2.60. The number of nitrogens with one attached hydrogen (secondary N) is 1. The van der Waals surface area contributed by atoms with Gasteiger partial charge >= 0.3 is 0 Å². The van der Waals surface area contributed by atoms with E-state index in [1.165, 1.54) is 49.0 Å². The zero-order valence-corrected chi connectivity index (χ0v) is 27.8. The third-order valence-electron chi connectivity index (χ3n) is 10.0. The van der Waals surface area contributed by atoms with Gasteiger partial charge in [-0.1, -0.05) is 48.3 Å². The second-order valence-corrected chi connectivity index (χ2v) is 16.0. The van der Waals surface area contributed by atoms with Gasteiger partial charge in [-0.05, 0) is 112 Å². The lowest BCUT2D eigenvalue weighted by Gasteiger charge is -2.57. The molecule has 7 nitrogen and oxygen atoms in total. The summed E-state index contributed by atoms with van der Waals surface area (Å²) in [4.78, 5) is 28.5. The molecular weight excluding hydrogens is 605 g/mol. The average Bonchev–Trinajstić information content (AvgIpc) is 2.94. The smallest absolute Gasteiger partial charge is 0.244 e. The number of nitrogens with zero attached hydrogens (tertiary/aromatic N) is 2. The van der Waals surface area contributed by atoms with Crippen molar-refractivity contribution < 1.29 is 18.0 Å². The van der Waals surface area contributed by atoms with Crippen LogP contribution < -0.4 is 9.62 Å². The number of halogens is 2. The first-order valence-electron chi connectivity index (χ1n) is 15.4. The number of hydrogen-bond donors (Lipinski definition) is 1. The maximum atomic E-state index is 14.0. The third-order valence-corrected chi connectivity index (χ3v) is 11.9. The Morgan fingerprint density at radius 2 is 1.49 bits per heavy atom. The van der Waals surface area contributed by atoms with Gasteiger partial charge in [0.15, 0.2) is 0 Å². The van der Waals surface area contributed by atoms with Crippen LogP contribution in [0.4, 0.5) is 5.69 Å². The van der Waals surface area contributed by atoms with Crippen LogP contribution in [-0.2, 0) is 31.6 Å². The Morgan fingerprint density at radius 1 is 0.953 bits per heavy atom. The van der Waals surface area contributed by atoms with E-state index in [9.17, 15) is 18.0 Å². The number of sulfonamides is 1. The molecule has 4 saturated carbocycles. The minimum Gasteiger partial charge on any atom is -0.352 e. The second-order valence-electron chi connectivity index (χ2n) is 13.2. The van der Waals surface area contributed by atoms with Gasteiger partial charge in [0.2, 0.25) is 21.8 Å². The van der Waals surface area contributed by atoms with Crippen molar-refractivity contribution in [3.8, 4) is 0 Å². The van der Waals surface area contributed by atoms with Crippen LogP contribution in [0.15, 0.2) is 42.5 Å². The van der Waals surface area contributed by atoms with Crippen LogP contribution in [0.25, 0.3) is 0 Å². The van der Waals surface area contributed by atoms with Crippen LogP contribution in [0.1, 0.15) is 76.8 Å². The molecule has 0 heterocycles. The van der Waals surface area contributed by atoms with Crippen LogP contribution in [0, 0.1) is 17.8 Å². The van der Waals surface area contributed by atoms with E-state index in [2.05, 4.69) is 17.4 Å². The molecule has 0 saturated heterocycles. The maximum absolute atomic E-state index is 14.0. The van der Waals surface area contributed by atoms with Gasteiger partial charge in [0.05, 0.1) is 11.9 Å². The fourth-order valence-electron chi connectivity index (χ4n) is 7.96. The van der Waals surface area contributed by atoms with Crippen molar-refractivity contribution in [3.05, 3.63) is 63.6 Å². The van der Waals surface area contributed by atoms with Crippen molar-refractivity contribution in [2.45, 2.75) is 89.8 Å². The molecule has 0 unspecified atom stereocenters. The van der Waals surface area contributed by atoms with E-state index in [0.29, 0.717) is 21.3 Å². The van der Waals surface area contributed by atoms with E-state index < -0.39 is 28.5 Å². The quantitative estimate of drug-likeness (QED) is 0.299. The molecule has 2 aromatic rings. The van der Waals surface area contributed by atoms with E-state index in [4.69, 9.17) is 23.2 Å². The van der Waals surface area contributed by atoms with Crippen molar-refractivity contribution in [1.29, 1.82) is 0 Å². The van der Waals surface area contributed by atoms with Crippen molar-refractivity contribution >= 4 is 50.7 Å². The van der Waals surface area contributed by atoms with E-state index in [0.717, 1.165) is 34.7 Å². The molecule has 4 aliphatic rings. The summed E-state index contributed by atoms with van der Waals surface area (Å²) in [6.45, 7) is 4.97. The number of anilines is 1. The molecule has 0 aromatic heterocycles. The van der Waals surface area contributed by atoms with E-state index in [-0.39, 0.29) is 23.9 Å². The monoisotopic (exact) mass is 647 g/mol. The lowest BCUT2D eigenvalue weighted by atomic mass is 9.48. The number of hydrogen-bond acceptors (Lipinski definition) is 4. The molecule has 6 rings (SSSR count). The Labute approximate surface area is 266 Å².